The molecule has 1 unspecified atom stereocenters. The maximum atomic E-state index is 14.9. The van der Waals surface area contributed by atoms with Crippen LogP contribution in [0.2, 0.25) is 0 Å². The lowest BCUT2D eigenvalue weighted by atomic mass is 10.0. The Morgan fingerprint density at radius 2 is 1.77 bits per heavy atom. The van der Waals surface area contributed by atoms with Crippen LogP contribution in [0.5, 0.6) is 5.75 Å². The fraction of sp³-hybridized carbons (Fsp3) is 0.455. The number of unbranched alkanes of at least 4 members (excludes halogenated alkanes) is 2. The molecular weight excluding hydrogens is 332 g/mol. The first-order chi connectivity index (χ1) is 12.4. The van der Waals surface area contributed by atoms with Crippen LogP contribution in [-0.4, -0.2) is 22.3 Å². The van der Waals surface area contributed by atoms with Gasteiger partial charge in [0.05, 0.1) is 0 Å². The summed E-state index contributed by atoms with van der Waals surface area (Å²) in [4.78, 5) is 1.89. The first kappa shape index (κ1) is 20.4. The van der Waals surface area contributed by atoms with E-state index in [0.29, 0.717) is 31.5 Å². The van der Waals surface area contributed by atoms with Crippen LogP contribution in [-0.2, 0) is 13.0 Å². The van der Waals surface area contributed by atoms with Gasteiger partial charge in [0.15, 0.2) is 5.79 Å². The second kappa shape index (κ2) is 9.67. The number of aromatic hydroxyl groups is 1. The molecule has 0 bridgehead atoms. The molecule has 0 aliphatic heterocycles. The van der Waals surface area contributed by atoms with Gasteiger partial charge < -0.3 is 5.11 Å². The third-order valence-electron chi connectivity index (χ3n) is 4.94. The van der Waals surface area contributed by atoms with E-state index in [0.717, 1.165) is 24.8 Å². The van der Waals surface area contributed by atoms with Gasteiger partial charge >= 0.3 is 0 Å². The molecule has 1 N–H and O–H groups in total. The van der Waals surface area contributed by atoms with Gasteiger partial charge in [-0.3, -0.25) is 4.90 Å². The summed E-state index contributed by atoms with van der Waals surface area (Å²) >= 11 is 0. The Bertz CT molecular complexity index is 673. The summed E-state index contributed by atoms with van der Waals surface area (Å²) in [5, 5.41) is 9.76. The molecule has 0 saturated heterocycles. The highest BCUT2D eigenvalue weighted by molar-refractivity contribution is 5.32. The van der Waals surface area contributed by atoms with Crippen LogP contribution in [0, 0.1) is 5.82 Å². The van der Waals surface area contributed by atoms with Crippen molar-refractivity contribution < 1.29 is 13.9 Å². The van der Waals surface area contributed by atoms with Crippen molar-refractivity contribution in [1.82, 2.24) is 4.90 Å². The molecule has 0 heterocycles. The fourth-order valence-electron chi connectivity index (χ4n) is 3.05. The Morgan fingerprint density at radius 3 is 2.46 bits per heavy atom. The van der Waals surface area contributed by atoms with E-state index in [9.17, 15) is 13.9 Å². The van der Waals surface area contributed by atoms with Crippen molar-refractivity contribution in [2.75, 3.05) is 6.54 Å². The zero-order valence-corrected chi connectivity index (χ0v) is 15.7. The molecule has 0 aromatic heterocycles. The van der Waals surface area contributed by atoms with Crippen molar-refractivity contribution in [3.05, 3.63) is 65.5 Å². The van der Waals surface area contributed by atoms with Gasteiger partial charge in [-0.2, -0.15) is 0 Å². The first-order valence-electron chi connectivity index (χ1n) is 9.37. The zero-order valence-electron chi connectivity index (χ0n) is 15.7. The van der Waals surface area contributed by atoms with Gasteiger partial charge in [0, 0.05) is 13.1 Å². The topological polar surface area (TPSA) is 23.5 Å². The molecule has 2 rings (SSSR count). The maximum Gasteiger partial charge on any atom is 0.161 e. The number of rotatable bonds is 10. The Hall–Kier alpha value is -1.94. The lowest BCUT2D eigenvalue weighted by Crippen LogP contribution is -2.42. The summed E-state index contributed by atoms with van der Waals surface area (Å²) in [7, 11) is 0. The minimum atomic E-state index is -1.34. The Labute approximate surface area is 155 Å². The molecule has 4 heteroatoms. The van der Waals surface area contributed by atoms with Crippen molar-refractivity contribution in [2.45, 2.75) is 58.3 Å². The minimum Gasteiger partial charge on any atom is -0.508 e. The SMILES string of the molecule is CCC(C)(F)N(CCCCCc1cc(F)ccc1O)Cc1ccccc1. The van der Waals surface area contributed by atoms with E-state index in [4.69, 9.17) is 0 Å². The van der Waals surface area contributed by atoms with E-state index in [1.807, 2.05) is 42.2 Å². The second-order valence-corrected chi connectivity index (χ2v) is 6.99. The maximum absolute atomic E-state index is 14.9. The van der Waals surface area contributed by atoms with Crippen LogP contribution in [0.3, 0.4) is 0 Å². The lowest BCUT2D eigenvalue weighted by molar-refractivity contribution is -0.0294. The molecule has 0 spiro atoms. The molecule has 0 saturated carbocycles. The summed E-state index contributed by atoms with van der Waals surface area (Å²) < 4.78 is 28.1. The highest BCUT2D eigenvalue weighted by atomic mass is 19.1. The van der Waals surface area contributed by atoms with Gasteiger partial charge in [-0.05, 0) is 61.9 Å². The third kappa shape index (κ3) is 6.10. The predicted octanol–water partition coefficient (Wildman–Crippen LogP) is 5.84. The Kier molecular flexibility index (Phi) is 7.58. The van der Waals surface area contributed by atoms with Crippen LogP contribution in [0.25, 0.3) is 0 Å². The lowest BCUT2D eigenvalue weighted by Gasteiger charge is -2.34. The average Bonchev–Trinajstić information content (AvgIpc) is 2.64. The molecular formula is C22H29F2NO. The number of alkyl halides is 1. The third-order valence-corrected chi connectivity index (χ3v) is 4.94. The average molecular weight is 361 g/mol. The molecule has 2 nitrogen and oxygen atoms in total. The van der Waals surface area contributed by atoms with Crippen molar-refractivity contribution in [2.24, 2.45) is 0 Å². The highest BCUT2D eigenvalue weighted by Crippen LogP contribution is 2.25. The number of hydrogen-bond donors (Lipinski definition) is 1. The van der Waals surface area contributed by atoms with E-state index >= 15 is 0 Å². The predicted molar refractivity (Wildman–Crippen MR) is 102 cm³/mol. The summed E-state index contributed by atoms with van der Waals surface area (Å²) in [6, 6.07) is 14.0. The van der Waals surface area contributed by atoms with Crippen LogP contribution in [0.15, 0.2) is 48.5 Å². The number of aryl methyl sites for hydroxylation is 1. The summed E-state index contributed by atoms with van der Waals surface area (Å²) in [5.41, 5.74) is 1.74. The number of phenols is 1. The number of halogens is 2. The molecule has 142 valence electrons. The van der Waals surface area contributed by atoms with Crippen LogP contribution >= 0.6 is 0 Å². The number of benzene rings is 2. The highest BCUT2D eigenvalue weighted by Gasteiger charge is 2.29. The van der Waals surface area contributed by atoms with E-state index in [1.165, 1.54) is 18.2 Å². The summed E-state index contributed by atoms with van der Waals surface area (Å²) in [5.74, 6) is -1.53. The van der Waals surface area contributed by atoms with Gasteiger partial charge in [0.25, 0.3) is 0 Å². The zero-order chi connectivity index (χ0) is 19.0. The molecule has 0 aliphatic rings. The van der Waals surface area contributed by atoms with E-state index in [1.54, 1.807) is 6.92 Å². The molecule has 1 atom stereocenters. The quantitative estimate of drug-likeness (QED) is 0.424. The van der Waals surface area contributed by atoms with Crippen LogP contribution < -0.4 is 0 Å². The van der Waals surface area contributed by atoms with Crippen LogP contribution in [0.4, 0.5) is 8.78 Å². The standard InChI is InChI=1S/C22H29F2NO/c1-3-22(2,24)25(17-18-10-6-4-7-11-18)15-9-5-8-12-19-16-20(23)13-14-21(19)26/h4,6-7,10-11,13-14,16,26H,3,5,8-9,12,15,17H2,1-2H3. The van der Waals surface area contributed by atoms with Crippen LogP contribution in [0.1, 0.15) is 50.7 Å². The van der Waals surface area contributed by atoms with Crippen molar-refractivity contribution in [3.63, 3.8) is 0 Å². The van der Waals surface area contributed by atoms with E-state index in [-0.39, 0.29) is 11.6 Å². The molecule has 26 heavy (non-hydrogen) atoms. The number of nitrogens with zero attached hydrogens (tertiary/aromatic N) is 1. The van der Waals surface area contributed by atoms with Gasteiger partial charge in [-0.1, -0.05) is 43.7 Å². The Morgan fingerprint density at radius 1 is 1.04 bits per heavy atom. The van der Waals surface area contributed by atoms with Crippen molar-refractivity contribution in [1.29, 1.82) is 0 Å². The number of phenolic OH excluding ortho intramolecular Hbond substituents is 1. The first-order valence-corrected chi connectivity index (χ1v) is 9.37. The van der Waals surface area contributed by atoms with Gasteiger partial charge in [0.1, 0.15) is 11.6 Å². The van der Waals surface area contributed by atoms with E-state index < -0.39 is 5.79 Å². The summed E-state index contributed by atoms with van der Waals surface area (Å²) in [6.07, 6.45) is 3.68. The van der Waals surface area contributed by atoms with Gasteiger partial charge in [-0.15, -0.1) is 0 Å². The Balaban J connectivity index is 1.84. The normalized spacial score (nSPS) is 13.7. The molecule has 0 amide bonds. The molecule has 2 aromatic carbocycles. The van der Waals surface area contributed by atoms with Gasteiger partial charge in [-0.25, -0.2) is 8.78 Å². The summed E-state index contributed by atoms with van der Waals surface area (Å²) in [6.45, 7) is 4.77. The van der Waals surface area contributed by atoms with Crippen molar-refractivity contribution in [3.8, 4) is 5.75 Å². The fourth-order valence-corrected chi connectivity index (χ4v) is 3.05. The van der Waals surface area contributed by atoms with E-state index in [2.05, 4.69) is 0 Å². The van der Waals surface area contributed by atoms with Crippen molar-refractivity contribution >= 4 is 0 Å². The monoisotopic (exact) mass is 361 g/mol. The second-order valence-electron chi connectivity index (χ2n) is 6.99. The van der Waals surface area contributed by atoms with Gasteiger partial charge in [0.2, 0.25) is 0 Å². The largest absolute Gasteiger partial charge is 0.508 e. The molecule has 0 radical (unpaired) electrons. The number of hydrogen-bond acceptors (Lipinski definition) is 2. The smallest absolute Gasteiger partial charge is 0.161 e. The minimum absolute atomic E-state index is 0.138. The molecule has 2 aromatic rings. The molecule has 0 aliphatic carbocycles. The molecule has 0 fully saturated rings.